The maximum absolute atomic E-state index is 13.1. The van der Waals surface area contributed by atoms with Gasteiger partial charge in [0.2, 0.25) is 5.95 Å². The maximum Gasteiger partial charge on any atom is 0.332 e. The molecule has 0 aliphatic carbocycles. The van der Waals surface area contributed by atoms with Gasteiger partial charge >= 0.3 is 5.69 Å². The van der Waals surface area contributed by atoms with Crippen molar-refractivity contribution < 1.29 is 4.74 Å². The lowest BCUT2D eigenvalue weighted by Crippen LogP contribution is -2.41. The molecule has 142 valence electrons. The van der Waals surface area contributed by atoms with E-state index < -0.39 is 0 Å². The molecule has 1 aliphatic rings. The third kappa shape index (κ3) is 2.76. The van der Waals surface area contributed by atoms with E-state index in [0.29, 0.717) is 36.2 Å². The van der Waals surface area contributed by atoms with Crippen molar-refractivity contribution in [3.63, 3.8) is 0 Å². The molecule has 1 atom stereocenters. The number of nitrogens with zero attached hydrogens (tertiary/aromatic N) is 5. The highest BCUT2D eigenvalue weighted by molar-refractivity contribution is 5.77. The van der Waals surface area contributed by atoms with Gasteiger partial charge in [-0.1, -0.05) is 25.1 Å². The monoisotopic (exact) mass is 369 g/mol. The van der Waals surface area contributed by atoms with Crippen LogP contribution in [0.2, 0.25) is 0 Å². The molecule has 4 rings (SSSR count). The fraction of sp³-hybridized carbons (Fsp3) is 0.421. The second-order valence-electron chi connectivity index (χ2n) is 7.04. The highest BCUT2D eigenvalue weighted by Crippen LogP contribution is 2.32. The first-order chi connectivity index (χ1) is 13.0. The van der Waals surface area contributed by atoms with Crippen LogP contribution in [0.15, 0.2) is 39.9 Å². The number of hydrogen-bond acceptors (Lipinski definition) is 5. The van der Waals surface area contributed by atoms with E-state index in [2.05, 4.69) is 11.8 Å². The Labute approximate surface area is 156 Å². The van der Waals surface area contributed by atoms with E-state index in [4.69, 9.17) is 9.72 Å². The molecule has 0 fully saturated rings. The van der Waals surface area contributed by atoms with Gasteiger partial charge < -0.3 is 14.2 Å². The van der Waals surface area contributed by atoms with Crippen LogP contribution in [-0.2, 0) is 24.9 Å². The van der Waals surface area contributed by atoms with Gasteiger partial charge in [0.1, 0.15) is 0 Å². The van der Waals surface area contributed by atoms with E-state index in [-0.39, 0.29) is 17.8 Å². The first kappa shape index (κ1) is 17.5. The fourth-order valence-electron chi connectivity index (χ4n) is 3.71. The van der Waals surface area contributed by atoms with Gasteiger partial charge in [-0.05, 0) is 18.1 Å². The minimum absolute atomic E-state index is 0.219. The number of ether oxygens (including phenoxy) is 1. The lowest BCUT2D eigenvalue weighted by Gasteiger charge is -2.32. The number of aryl methyl sites for hydroxylation is 1. The van der Waals surface area contributed by atoms with Gasteiger partial charge in [0.05, 0.1) is 13.2 Å². The Morgan fingerprint density at radius 3 is 2.63 bits per heavy atom. The second-order valence-corrected chi connectivity index (χ2v) is 7.04. The van der Waals surface area contributed by atoms with Gasteiger partial charge in [-0.25, -0.2) is 4.79 Å². The molecule has 0 amide bonds. The third-order valence-electron chi connectivity index (χ3n) is 5.03. The molecule has 0 spiro atoms. The van der Waals surface area contributed by atoms with Crippen LogP contribution >= 0.6 is 0 Å². The third-order valence-corrected chi connectivity index (χ3v) is 5.03. The summed E-state index contributed by atoms with van der Waals surface area (Å²) in [5.74, 6) is 1.03. The van der Waals surface area contributed by atoms with Crippen molar-refractivity contribution in [2.45, 2.75) is 20.0 Å². The van der Waals surface area contributed by atoms with E-state index in [1.165, 1.54) is 9.13 Å². The van der Waals surface area contributed by atoms with E-state index in [0.717, 1.165) is 12.2 Å². The Morgan fingerprint density at radius 2 is 1.93 bits per heavy atom. The second kappa shape index (κ2) is 6.70. The van der Waals surface area contributed by atoms with Crippen LogP contribution in [-0.4, -0.2) is 38.9 Å². The maximum atomic E-state index is 13.1. The number of anilines is 2. The Balaban J connectivity index is 1.98. The first-order valence-corrected chi connectivity index (χ1v) is 9.04. The van der Waals surface area contributed by atoms with Crippen LogP contribution in [0.25, 0.3) is 11.2 Å². The standard InChI is InChI=1S/C19H23N5O3/c1-13-11-23(14-7-5-4-6-8-14)18-20-16-15(24(18)12-13)17(25)22(9-10-27-3)19(26)21(16)2/h4-8,13H,9-12H2,1-3H3/t13-/m1/s1. The van der Waals surface area contributed by atoms with Crippen LogP contribution < -0.4 is 16.1 Å². The van der Waals surface area contributed by atoms with Crippen molar-refractivity contribution >= 4 is 22.8 Å². The Kier molecular flexibility index (Phi) is 4.35. The van der Waals surface area contributed by atoms with E-state index in [1.807, 2.05) is 34.9 Å². The molecule has 3 aromatic rings. The number of methoxy groups -OCH3 is 1. The van der Waals surface area contributed by atoms with Crippen molar-refractivity contribution in [2.75, 3.05) is 25.2 Å². The fourth-order valence-corrected chi connectivity index (χ4v) is 3.71. The Hall–Kier alpha value is -2.87. The normalized spacial score (nSPS) is 16.7. The van der Waals surface area contributed by atoms with E-state index in [9.17, 15) is 9.59 Å². The molecule has 0 bridgehead atoms. The highest BCUT2D eigenvalue weighted by atomic mass is 16.5. The zero-order valence-electron chi connectivity index (χ0n) is 15.8. The molecule has 3 heterocycles. The van der Waals surface area contributed by atoms with Gasteiger partial charge in [-0.2, -0.15) is 4.98 Å². The largest absolute Gasteiger partial charge is 0.383 e. The van der Waals surface area contributed by atoms with Crippen LogP contribution in [0.4, 0.5) is 11.6 Å². The molecule has 0 saturated carbocycles. The summed E-state index contributed by atoms with van der Waals surface area (Å²) >= 11 is 0. The number of fused-ring (bicyclic) bond motifs is 3. The zero-order chi connectivity index (χ0) is 19.1. The summed E-state index contributed by atoms with van der Waals surface area (Å²) in [6.45, 7) is 4.16. The van der Waals surface area contributed by atoms with Crippen molar-refractivity contribution in [1.82, 2.24) is 18.7 Å². The molecule has 0 radical (unpaired) electrons. The predicted molar refractivity (Wildman–Crippen MR) is 104 cm³/mol. The van der Waals surface area contributed by atoms with Crippen LogP contribution in [0.5, 0.6) is 0 Å². The molecule has 0 N–H and O–H groups in total. The summed E-state index contributed by atoms with van der Waals surface area (Å²) < 4.78 is 9.68. The van der Waals surface area contributed by atoms with Crippen molar-refractivity contribution in [2.24, 2.45) is 13.0 Å². The van der Waals surface area contributed by atoms with Gasteiger partial charge in [0.25, 0.3) is 5.56 Å². The van der Waals surface area contributed by atoms with Gasteiger partial charge in [0.15, 0.2) is 11.2 Å². The summed E-state index contributed by atoms with van der Waals surface area (Å²) in [6, 6.07) is 9.98. The average molecular weight is 369 g/mol. The average Bonchev–Trinajstić information content (AvgIpc) is 3.06. The first-order valence-electron chi connectivity index (χ1n) is 9.04. The summed E-state index contributed by atoms with van der Waals surface area (Å²) in [4.78, 5) is 32.6. The van der Waals surface area contributed by atoms with Gasteiger partial charge in [-0.15, -0.1) is 0 Å². The van der Waals surface area contributed by atoms with Crippen LogP contribution in [0.1, 0.15) is 6.92 Å². The number of aromatic nitrogens is 4. The SMILES string of the molecule is COCCn1c(=O)c2c(nc3n2C[C@H](C)CN3c2ccccc2)n(C)c1=O. The minimum Gasteiger partial charge on any atom is -0.383 e. The number of imidazole rings is 1. The van der Waals surface area contributed by atoms with E-state index in [1.54, 1.807) is 14.2 Å². The predicted octanol–water partition coefficient (Wildman–Crippen LogP) is 1.33. The Morgan fingerprint density at radius 1 is 1.19 bits per heavy atom. The van der Waals surface area contributed by atoms with Crippen LogP contribution in [0, 0.1) is 5.92 Å². The number of hydrogen-bond donors (Lipinski definition) is 0. The molecule has 2 aromatic heterocycles. The van der Waals surface area contributed by atoms with Gasteiger partial charge in [0, 0.05) is 32.9 Å². The summed E-state index contributed by atoms with van der Waals surface area (Å²) in [6.07, 6.45) is 0. The van der Waals surface area contributed by atoms with Crippen molar-refractivity contribution in [3.8, 4) is 0 Å². The van der Waals surface area contributed by atoms with Crippen molar-refractivity contribution in [3.05, 3.63) is 51.2 Å². The van der Waals surface area contributed by atoms with Crippen LogP contribution in [0.3, 0.4) is 0 Å². The highest BCUT2D eigenvalue weighted by Gasteiger charge is 2.29. The lowest BCUT2D eigenvalue weighted by atomic mass is 10.1. The molecule has 8 nitrogen and oxygen atoms in total. The van der Waals surface area contributed by atoms with E-state index >= 15 is 0 Å². The Bertz CT molecular complexity index is 1100. The van der Waals surface area contributed by atoms with Gasteiger partial charge in [-0.3, -0.25) is 13.9 Å². The summed E-state index contributed by atoms with van der Waals surface area (Å²) in [5, 5.41) is 0. The number of para-hydroxylation sites is 1. The summed E-state index contributed by atoms with van der Waals surface area (Å²) in [7, 11) is 3.21. The molecular formula is C19H23N5O3. The molecule has 8 heteroatoms. The lowest BCUT2D eigenvalue weighted by molar-refractivity contribution is 0.184. The molecule has 0 saturated heterocycles. The summed E-state index contributed by atoms with van der Waals surface area (Å²) in [5.41, 5.74) is 1.22. The molecular weight excluding hydrogens is 346 g/mol. The quantitative estimate of drug-likeness (QED) is 0.694. The molecule has 1 aromatic carbocycles. The number of benzene rings is 1. The zero-order valence-corrected chi connectivity index (χ0v) is 15.8. The molecule has 1 aliphatic heterocycles. The topological polar surface area (TPSA) is 74.3 Å². The minimum atomic E-state index is -0.376. The smallest absolute Gasteiger partial charge is 0.332 e. The molecule has 0 unspecified atom stereocenters. The number of rotatable bonds is 4. The van der Waals surface area contributed by atoms with Crippen molar-refractivity contribution in [1.29, 1.82) is 0 Å². The molecule has 27 heavy (non-hydrogen) atoms.